The molecule has 1 fully saturated rings. The van der Waals surface area contributed by atoms with Crippen molar-refractivity contribution in [2.75, 3.05) is 26.2 Å². The first kappa shape index (κ1) is 17.9. The Bertz CT molecular complexity index is 687. The van der Waals surface area contributed by atoms with Gasteiger partial charge in [0.2, 0.25) is 5.91 Å². The van der Waals surface area contributed by atoms with Crippen molar-refractivity contribution in [1.82, 2.24) is 20.2 Å². The van der Waals surface area contributed by atoms with Gasteiger partial charge in [0.25, 0.3) is 0 Å². The van der Waals surface area contributed by atoms with E-state index >= 15 is 0 Å². The fraction of sp³-hybridized carbons (Fsp3) is 0.579. The molecule has 3 rings (SSSR count). The van der Waals surface area contributed by atoms with Gasteiger partial charge in [0, 0.05) is 25.0 Å². The second kappa shape index (κ2) is 7.54. The number of amides is 1. The lowest BCUT2D eigenvalue weighted by atomic mass is 9.95. The fourth-order valence-corrected chi connectivity index (χ4v) is 3.00. The molecule has 2 aromatic rings. The lowest BCUT2D eigenvalue weighted by molar-refractivity contribution is -0.128. The van der Waals surface area contributed by atoms with Crippen LogP contribution < -0.4 is 5.32 Å². The molecule has 0 bridgehead atoms. The number of aromatic nitrogens is 2. The highest BCUT2D eigenvalue weighted by Crippen LogP contribution is 2.15. The summed E-state index contributed by atoms with van der Waals surface area (Å²) in [5.74, 6) is 1.07. The van der Waals surface area contributed by atoms with Crippen LogP contribution in [-0.2, 0) is 16.1 Å². The van der Waals surface area contributed by atoms with E-state index in [-0.39, 0.29) is 17.4 Å². The first-order valence-corrected chi connectivity index (χ1v) is 8.98. The molecule has 6 nitrogen and oxygen atoms in total. The molecule has 0 unspecified atom stereocenters. The quantitative estimate of drug-likeness (QED) is 0.873. The van der Waals surface area contributed by atoms with Crippen LogP contribution in [0.2, 0.25) is 0 Å². The second-order valence-electron chi connectivity index (χ2n) is 7.72. The number of para-hydroxylation sites is 2. The number of nitrogens with zero attached hydrogens (tertiary/aromatic N) is 2. The summed E-state index contributed by atoms with van der Waals surface area (Å²) in [5, 5.41) is 3.00. The third-order valence-corrected chi connectivity index (χ3v) is 4.47. The first-order valence-electron chi connectivity index (χ1n) is 8.98. The van der Waals surface area contributed by atoms with E-state index in [1.54, 1.807) is 0 Å². The summed E-state index contributed by atoms with van der Waals surface area (Å²) < 4.78 is 5.85. The molecule has 0 aliphatic carbocycles. The average molecular weight is 344 g/mol. The number of carbonyl (C=O) groups is 1. The maximum atomic E-state index is 11.9. The van der Waals surface area contributed by atoms with Gasteiger partial charge in [0.15, 0.2) is 0 Å². The number of fused-ring (bicyclic) bond motifs is 1. The number of ether oxygens (including phenoxy) is 1. The fourth-order valence-electron chi connectivity index (χ4n) is 3.00. The normalized spacial score (nSPS) is 19.2. The lowest BCUT2D eigenvalue weighted by Gasteiger charge is -2.32. The van der Waals surface area contributed by atoms with Crippen LogP contribution in [0, 0.1) is 5.41 Å². The maximum absolute atomic E-state index is 11.9. The molecule has 136 valence electrons. The van der Waals surface area contributed by atoms with Gasteiger partial charge in [-0.3, -0.25) is 9.69 Å². The number of morpholine rings is 1. The van der Waals surface area contributed by atoms with Gasteiger partial charge in [-0.2, -0.15) is 0 Å². The average Bonchev–Trinajstić information content (AvgIpc) is 2.96. The smallest absolute Gasteiger partial charge is 0.225 e. The van der Waals surface area contributed by atoms with Gasteiger partial charge < -0.3 is 15.0 Å². The summed E-state index contributed by atoms with van der Waals surface area (Å²) in [5.41, 5.74) is 1.74. The minimum absolute atomic E-state index is 0.0856. The number of imidazole rings is 1. The Morgan fingerprint density at radius 1 is 1.40 bits per heavy atom. The molecule has 1 aliphatic rings. The predicted octanol–water partition coefficient (Wildman–Crippen LogP) is 2.32. The summed E-state index contributed by atoms with van der Waals surface area (Å²) in [6, 6.07) is 8.09. The molecule has 0 saturated carbocycles. The number of rotatable bonds is 5. The van der Waals surface area contributed by atoms with Crippen molar-refractivity contribution in [3.63, 3.8) is 0 Å². The summed E-state index contributed by atoms with van der Waals surface area (Å²) in [6.07, 6.45) is 0.983. The van der Waals surface area contributed by atoms with Crippen LogP contribution in [0.4, 0.5) is 0 Å². The van der Waals surface area contributed by atoms with Crippen molar-refractivity contribution < 1.29 is 9.53 Å². The van der Waals surface area contributed by atoms with Gasteiger partial charge >= 0.3 is 0 Å². The van der Waals surface area contributed by atoms with Crippen LogP contribution in [0.5, 0.6) is 0 Å². The van der Waals surface area contributed by atoms with Crippen molar-refractivity contribution in [3.8, 4) is 0 Å². The van der Waals surface area contributed by atoms with E-state index in [4.69, 9.17) is 4.74 Å². The number of aromatic amines is 1. The predicted molar refractivity (Wildman–Crippen MR) is 98.2 cm³/mol. The first-order chi connectivity index (χ1) is 11.9. The van der Waals surface area contributed by atoms with Gasteiger partial charge in [-0.25, -0.2) is 4.98 Å². The molecule has 1 saturated heterocycles. The van der Waals surface area contributed by atoms with E-state index in [0.29, 0.717) is 6.54 Å². The van der Waals surface area contributed by atoms with Crippen LogP contribution in [0.1, 0.15) is 33.0 Å². The van der Waals surface area contributed by atoms with E-state index < -0.39 is 0 Å². The highest BCUT2D eigenvalue weighted by atomic mass is 16.5. The maximum Gasteiger partial charge on any atom is 0.225 e. The molecule has 1 amide bonds. The van der Waals surface area contributed by atoms with Crippen molar-refractivity contribution in [2.24, 2.45) is 5.41 Å². The molecular weight excluding hydrogens is 316 g/mol. The summed E-state index contributed by atoms with van der Waals surface area (Å²) >= 11 is 0. The minimum atomic E-state index is -0.346. The minimum Gasteiger partial charge on any atom is -0.375 e. The summed E-state index contributed by atoms with van der Waals surface area (Å²) in [6.45, 7) is 9.71. The second-order valence-corrected chi connectivity index (χ2v) is 7.72. The van der Waals surface area contributed by atoms with Crippen LogP contribution in [0.3, 0.4) is 0 Å². The van der Waals surface area contributed by atoms with Crippen molar-refractivity contribution in [1.29, 1.82) is 0 Å². The number of hydrogen-bond donors (Lipinski definition) is 2. The van der Waals surface area contributed by atoms with E-state index in [9.17, 15) is 4.79 Å². The van der Waals surface area contributed by atoms with Crippen LogP contribution in [-0.4, -0.2) is 53.1 Å². The van der Waals surface area contributed by atoms with E-state index in [1.165, 1.54) is 0 Å². The Morgan fingerprint density at radius 3 is 2.96 bits per heavy atom. The van der Waals surface area contributed by atoms with E-state index in [0.717, 1.165) is 49.5 Å². The third-order valence-electron chi connectivity index (χ3n) is 4.47. The Morgan fingerprint density at radius 2 is 2.20 bits per heavy atom. The zero-order chi connectivity index (χ0) is 17.9. The molecule has 0 radical (unpaired) electrons. The number of hydrogen-bond acceptors (Lipinski definition) is 4. The highest BCUT2D eigenvalue weighted by molar-refractivity contribution is 5.81. The van der Waals surface area contributed by atoms with Crippen LogP contribution in [0.25, 0.3) is 11.0 Å². The molecule has 25 heavy (non-hydrogen) atoms. The molecule has 0 spiro atoms. The molecule has 6 heteroatoms. The SMILES string of the molecule is CC(C)(C)C(=O)NCC[C@@H]1CN(Cc2nc3ccccc3[nH]2)CCO1. The molecule has 1 aromatic heterocycles. The molecule has 2 heterocycles. The lowest BCUT2D eigenvalue weighted by Crippen LogP contribution is -2.44. The Balaban J connectivity index is 1.48. The van der Waals surface area contributed by atoms with Crippen molar-refractivity contribution >= 4 is 16.9 Å². The molecular formula is C19H28N4O2. The van der Waals surface area contributed by atoms with Crippen molar-refractivity contribution in [2.45, 2.75) is 39.8 Å². The zero-order valence-corrected chi connectivity index (χ0v) is 15.3. The highest BCUT2D eigenvalue weighted by Gasteiger charge is 2.23. The Kier molecular flexibility index (Phi) is 5.39. The molecule has 2 N–H and O–H groups in total. The van der Waals surface area contributed by atoms with Crippen LogP contribution in [0.15, 0.2) is 24.3 Å². The standard InChI is InChI=1S/C19H28N4O2/c1-19(2,3)18(24)20-9-8-14-12-23(10-11-25-14)13-17-21-15-6-4-5-7-16(15)22-17/h4-7,14H,8-13H2,1-3H3,(H,20,24)(H,21,22)/t14-/m1/s1. The van der Waals surface area contributed by atoms with Gasteiger partial charge in [0.05, 0.1) is 30.3 Å². The Labute approximate surface area is 149 Å². The Hall–Kier alpha value is -1.92. The van der Waals surface area contributed by atoms with Crippen molar-refractivity contribution in [3.05, 3.63) is 30.1 Å². The molecule has 1 aliphatic heterocycles. The molecule has 1 aromatic carbocycles. The molecule has 1 atom stereocenters. The van der Waals surface area contributed by atoms with Gasteiger partial charge in [-0.05, 0) is 18.6 Å². The largest absolute Gasteiger partial charge is 0.375 e. The number of H-pyrrole nitrogens is 1. The topological polar surface area (TPSA) is 70.2 Å². The summed E-state index contributed by atoms with van der Waals surface area (Å²) in [4.78, 5) is 22.3. The van der Waals surface area contributed by atoms with Gasteiger partial charge in [0.1, 0.15) is 5.82 Å². The monoisotopic (exact) mass is 344 g/mol. The third kappa shape index (κ3) is 4.80. The van der Waals surface area contributed by atoms with E-state index in [1.807, 2.05) is 45.0 Å². The summed E-state index contributed by atoms with van der Waals surface area (Å²) in [7, 11) is 0. The number of carbonyl (C=O) groups excluding carboxylic acids is 1. The van der Waals surface area contributed by atoms with Gasteiger partial charge in [-0.15, -0.1) is 0 Å². The van der Waals surface area contributed by atoms with Gasteiger partial charge in [-0.1, -0.05) is 32.9 Å². The number of benzene rings is 1. The van der Waals surface area contributed by atoms with Crippen LogP contribution >= 0.6 is 0 Å². The van der Waals surface area contributed by atoms with E-state index in [2.05, 4.69) is 20.2 Å². The number of nitrogens with one attached hydrogen (secondary N) is 2. The zero-order valence-electron chi connectivity index (χ0n) is 15.3.